The van der Waals surface area contributed by atoms with Gasteiger partial charge in [-0.3, -0.25) is 9.59 Å². The molecule has 0 bridgehead atoms. The van der Waals surface area contributed by atoms with Gasteiger partial charge in [-0.05, 0) is 31.5 Å². The number of amides is 2. The zero-order valence-electron chi connectivity index (χ0n) is 10.5. The van der Waals surface area contributed by atoms with E-state index in [0.29, 0.717) is 11.4 Å². The molecule has 19 heavy (non-hydrogen) atoms. The van der Waals surface area contributed by atoms with E-state index in [4.69, 9.17) is 10.5 Å². The van der Waals surface area contributed by atoms with E-state index in [1.807, 2.05) is 0 Å². The van der Waals surface area contributed by atoms with Crippen LogP contribution in [0.5, 0.6) is 5.75 Å². The van der Waals surface area contributed by atoms with Crippen molar-refractivity contribution in [3.8, 4) is 5.75 Å². The van der Waals surface area contributed by atoms with E-state index in [9.17, 15) is 9.59 Å². The molecule has 102 valence electrons. The molecule has 0 spiro atoms. The number of rotatable bonds is 5. The predicted molar refractivity (Wildman–Crippen MR) is 70.8 cm³/mol. The molecular formula is C13H17N3O3. The third kappa shape index (κ3) is 3.96. The number of carbonyl (C=O) groups is 2. The van der Waals surface area contributed by atoms with Gasteiger partial charge in [-0.15, -0.1) is 0 Å². The van der Waals surface area contributed by atoms with E-state index in [0.717, 1.165) is 19.4 Å². The Hall–Kier alpha value is -2.08. The largest absolute Gasteiger partial charge is 0.484 e. The van der Waals surface area contributed by atoms with Gasteiger partial charge in [0.05, 0.1) is 6.04 Å². The molecule has 0 radical (unpaired) electrons. The second-order valence-corrected chi connectivity index (χ2v) is 4.42. The minimum absolute atomic E-state index is 0.0513. The lowest BCUT2D eigenvalue weighted by atomic mass is 10.2. The van der Waals surface area contributed by atoms with Crippen LogP contribution in [0.1, 0.15) is 12.8 Å². The number of anilines is 1. The minimum atomic E-state index is -0.537. The smallest absolute Gasteiger partial charge is 0.255 e. The number of nitrogens with two attached hydrogens (primary N) is 1. The molecule has 1 saturated heterocycles. The lowest BCUT2D eigenvalue weighted by Gasteiger charge is -2.12. The zero-order chi connectivity index (χ0) is 13.7. The van der Waals surface area contributed by atoms with Crippen molar-refractivity contribution in [1.82, 2.24) is 5.32 Å². The zero-order valence-corrected chi connectivity index (χ0v) is 10.5. The molecule has 1 aromatic rings. The van der Waals surface area contributed by atoms with Crippen molar-refractivity contribution in [1.29, 1.82) is 0 Å². The summed E-state index contributed by atoms with van der Waals surface area (Å²) in [4.78, 5) is 22.5. The van der Waals surface area contributed by atoms with Crippen molar-refractivity contribution in [3.05, 3.63) is 24.3 Å². The van der Waals surface area contributed by atoms with E-state index in [1.54, 1.807) is 24.3 Å². The fourth-order valence-corrected chi connectivity index (χ4v) is 1.96. The molecular weight excluding hydrogens is 246 g/mol. The van der Waals surface area contributed by atoms with E-state index in [1.165, 1.54) is 0 Å². The van der Waals surface area contributed by atoms with Crippen LogP contribution in [0.25, 0.3) is 0 Å². The maximum atomic E-state index is 11.9. The van der Waals surface area contributed by atoms with Crippen LogP contribution < -0.4 is 21.1 Å². The molecule has 1 aliphatic heterocycles. The van der Waals surface area contributed by atoms with Gasteiger partial charge in [-0.1, -0.05) is 6.07 Å². The van der Waals surface area contributed by atoms with Crippen molar-refractivity contribution in [2.75, 3.05) is 18.5 Å². The number of nitrogens with one attached hydrogen (secondary N) is 2. The molecule has 0 unspecified atom stereocenters. The first-order valence-corrected chi connectivity index (χ1v) is 6.20. The molecule has 2 amide bonds. The summed E-state index contributed by atoms with van der Waals surface area (Å²) in [5.41, 5.74) is 5.64. The van der Waals surface area contributed by atoms with Crippen LogP contribution in [0.3, 0.4) is 0 Å². The van der Waals surface area contributed by atoms with Crippen molar-refractivity contribution in [2.45, 2.75) is 18.9 Å². The topological polar surface area (TPSA) is 93.5 Å². The Labute approximate surface area is 111 Å². The van der Waals surface area contributed by atoms with Crippen LogP contribution in [0, 0.1) is 0 Å². The average molecular weight is 263 g/mol. The summed E-state index contributed by atoms with van der Waals surface area (Å²) in [6, 6.07) is 6.75. The van der Waals surface area contributed by atoms with Gasteiger partial charge >= 0.3 is 0 Å². The standard InChI is InChI=1S/C13H17N3O3/c14-12(17)8-19-10-4-1-3-9(7-10)16-13(18)11-5-2-6-15-11/h1,3-4,7,11,15H,2,5-6,8H2,(H2,14,17)(H,16,18)/t11-/m1/s1. The molecule has 0 aliphatic carbocycles. The highest BCUT2D eigenvalue weighted by Gasteiger charge is 2.21. The monoisotopic (exact) mass is 263 g/mol. The first-order valence-electron chi connectivity index (χ1n) is 6.20. The van der Waals surface area contributed by atoms with Crippen molar-refractivity contribution in [2.24, 2.45) is 5.73 Å². The van der Waals surface area contributed by atoms with Gasteiger partial charge < -0.3 is 21.1 Å². The molecule has 1 heterocycles. The molecule has 1 aromatic carbocycles. The van der Waals surface area contributed by atoms with E-state index < -0.39 is 5.91 Å². The van der Waals surface area contributed by atoms with Gasteiger partial charge in [0.1, 0.15) is 5.75 Å². The average Bonchev–Trinajstić information content (AvgIpc) is 2.91. The quantitative estimate of drug-likeness (QED) is 0.709. The van der Waals surface area contributed by atoms with Gasteiger partial charge in [-0.25, -0.2) is 0 Å². The SMILES string of the molecule is NC(=O)COc1cccc(NC(=O)[C@H]2CCCN2)c1. The lowest BCUT2D eigenvalue weighted by molar-refractivity contribution is -0.120. The second kappa shape index (κ2) is 6.19. The van der Waals surface area contributed by atoms with Crippen LogP contribution in [-0.4, -0.2) is 31.0 Å². The number of hydrogen-bond acceptors (Lipinski definition) is 4. The fraction of sp³-hybridized carbons (Fsp3) is 0.385. The molecule has 6 heteroatoms. The number of ether oxygens (including phenoxy) is 1. The Morgan fingerprint density at radius 1 is 1.47 bits per heavy atom. The van der Waals surface area contributed by atoms with Gasteiger partial charge in [0, 0.05) is 11.8 Å². The molecule has 0 aromatic heterocycles. The van der Waals surface area contributed by atoms with E-state index >= 15 is 0 Å². The third-order valence-corrected chi connectivity index (χ3v) is 2.86. The maximum absolute atomic E-state index is 11.9. The number of benzene rings is 1. The van der Waals surface area contributed by atoms with Crippen LogP contribution in [0.15, 0.2) is 24.3 Å². The summed E-state index contributed by atoms with van der Waals surface area (Å²) >= 11 is 0. The van der Waals surface area contributed by atoms with Gasteiger partial charge in [-0.2, -0.15) is 0 Å². The van der Waals surface area contributed by atoms with Crippen molar-refractivity contribution >= 4 is 17.5 Å². The molecule has 1 aliphatic rings. The first kappa shape index (κ1) is 13.4. The highest BCUT2D eigenvalue weighted by molar-refractivity contribution is 5.95. The number of primary amides is 1. The Bertz CT molecular complexity index is 470. The summed E-state index contributed by atoms with van der Waals surface area (Å²) in [5.74, 6) is -0.0925. The normalized spacial score (nSPS) is 18.0. The van der Waals surface area contributed by atoms with Crippen molar-refractivity contribution in [3.63, 3.8) is 0 Å². The number of hydrogen-bond donors (Lipinski definition) is 3. The van der Waals surface area contributed by atoms with Gasteiger partial charge in [0.25, 0.3) is 5.91 Å². The Morgan fingerprint density at radius 3 is 3.00 bits per heavy atom. The van der Waals surface area contributed by atoms with E-state index in [2.05, 4.69) is 10.6 Å². The summed E-state index contributed by atoms with van der Waals surface area (Å²) in [6.07, 6.45) is 1.86. The van der Waals surface area contributed by atoms with Gasteiger partial charge in [0.2, 0.25) is 5.91 Å². The van der Waals surface area contributed by atoms with Crippen LogP contribution >= 0.6 is 0 Å². The highest BCUT2D eigenvalue weighted by atomic mass is 16.5. The Morgan fingerprint density at radius 2 is 2.32 bits per heavy atom. The molecule has 2 rings (SSSR count). The summed E-state index contributed by atoms with van der Waals surface area (Å²) in [7, 11) is 0. The van der Waals surface area contributed by atoms with E-state index in [-0.39, 0.29) is 18.6 Å². The molecule has 0 saturated carbocycles. The molecule has 6 nitrogen and oxygen atoms in total. The maximum Gasteiger partial charge on any atom is 0.255 e. The van der Waals surface area contributed by atoms with Crippen LogP contribution in [-0.2, 0) is 9.59 Å². The van der Waals surface area contributed by atoms with Crippen LogP contribution in [0.4, 0.5) is 5.69 Å². The minimum Gasteiger partial charge on any atom is -0.484 e. The van der Waals surface area contributed by atoms with Crippen molar-refractivity contribution < 1.29 is 14.3 Å². The fourth-order valence-electron chi connectivity index (χ4n) is 1.96. The van der Waals surface area contributed by atoms with Gasteiger partial charge in [0.15, 0.2) is 6.61 Å². The lowest BCUT2D eigenvalue weighted by Crippen LogP contribution is -2.35. The second-order valence-electron chi connectivity index (χ2n) is 4.42. The predicted octanol–water partition coefficient (Wildman–Crippen LogP) is 0.241. The number of carbonyl (C=O) groups excluding carboxylic acids is 2. The third-order valence-electron chi connectivity index (χ3n) is 2.86. The molecule has 1 fully saturated rings. The summed E-state index contributed by atoms with van der Waals surface area (Å²) in [6.45, 7) is 0.696. The first-order chi connectivity index (χ1) is 9.15. The highest BCUT2D eigenvalue weighted by Crippen LogP contribution is 2.18. The molecule has 4 N–H and O–H groups in total. The molecule has 1 atom stereocenters. The summed E-state index contributed by atoms with van der Waals surface area (Å²) in [5, 5.41) is 5.94. The van der Waals surface area contributed by atoms with Crippen LogP contribution in [0.2, 0.25) is 0 Å². The Balaban J connectivity index is 1.94. The summed E-state index contributed by atoms with van der Waals surface area (Å²) < 4.78 is 5.17. The Kier molecular flexibility index (Phi) is 4.35.